The van der Waals surface area contributed by atoms with Gasteiger partial charge >= 0.3 is 11.8 Å². The second-order valence-electron chi connectivity index (χ2n) is 5.29. The van der Waals surface area contributed by atoms with Crippen molar-refractivity contribution in [3.63, 3.8) is 0 Å². The Labute approximate surface area is 139 Å². The van der Waals surface area contributed by atoms with E-state index in [1.165, 1.54) is 4.90 Å². The molecular formula is C18H17N3O3. The molecule has 6 heteroatoms. The van der Waals surface area contributed by atoms with Gasteiger partial charge in [-0.2, -0.15) is 0 Å². The van der Waals surface area contributed by atoms with Crippen LogP contribution in [0.3, 0.4) is 0 Å². The highest BCUT2D eigenvalue weighted by Gasteiger charge is 2.20. The van der Waals surface area contributed by atoms with Gasteiger partial charge < -0.3 is 14.1 Å². The first-order valence-corrected chi connectivity index (χ1v) is 7.44. The zero-order valence-corrected chi connectivity index (χ0v) is 13.5. The Balaban J connectivity index is 1.75. The summed E-state index contributed by atoms with van der Waals surface area (Å²) in [6, 6.07) is 16.9. The SMILES string of the molecule is COc1cccc(-c2nnc(C(=O)N(C)Cc3ccccc3)o2)c1. The van der Waals surface area contributed by atoms with Crippen molar-refractivity contribution >= 4 is 5.91 Å². The summed E-state index contributed by atoms with van der Waals surface area (Å²) in [5.74, 6) is 0.608. The fourth-order valence-corrected chi connectivity index (χ4v) is 2.27. The predicted octanol–water partition coefficient (Wildman–Crippen LogP) is 3.02. The van der Waals surface area contributed by atoms with Crippen molar-refractivity contribution in [1.29, 1.82) is 0 Å². The first-order valence-electron chi connectivity index (χ1n) is 7.44. The number of rotatable bonds is 5. The van der Waals surface area contributed by atoms with Crippen LogP contribution in [0.15, 0.2) is 59.0 Å². The molecule has 0 saturated carbocycles. The van der Waals surface area contributed by atoms with E-state index in [1.807, 2.05) is 48.5 Å². The van der Waals surface area contributed by atoms with Gasteiger partial charge in [0.1, 0.15) is 5.75 Å². The average molecular weight is 323 g/mol. The molecule has 0 bridgehead atoms. The number of nitrogens with zero attached hydrogens (tertiary/aromatic N) is 3. The monoisotopic (exact) mass is 323 g/mol. The molecule has 0 radical (unpaired) electrons. The minimum Gasteiger partial charge on any atom is -0.497 e. The summed E-state index contributed by atoms with van der Waals surface area (Å²) in [5, 5.41) is 7.81. The van der Waals surface area contributed by atoms with E-state index in [-0.39, 0.29) is 17.7 Å². The van der Waals surface area contributed by atoms with Crippen LogP contribution in [0.25, 0.3) is 11.5 Å². The summed E-state index contributed by atoms with van der Waals surface area (Å²) >= 11 is 0. The Bertz CT molecular complexity index is 830. The van der Waals surface area contributed by atoms with Crippen LogP contribution in [0.2, 0.25) is 0 Å². The van der Waals surface area contributed by atoms with Crippen LogP contribution in [0.1, 0.15) is 16.2 Å². The van der Waals surface area contributed by atoms with Crippen molar-refractivity contribution in [2.24, 2.45) is 0 Å². The van der Waals surface area contributed by atoms with E-state index in [4.69, 9.17) is 9.15 Å². The molecule has 0 fully saturated rings. The highest BCUT2D eigenvalue weighted by molar-refractivity contribution is 5.89. The first kappa shape index (κ1) is 15.7. The molecule has 1 aromatic heterocycles. The standard InChI is InChI=1S/C18H17N3O3/c1-21(12-13-7-4-3-5-8-13)18(22)17-20-19-16(24-17)14-9-6-10-15(11-14)23-2/h3-11H,12H2,1-2H3. The molecule has 1 heterocycles. The van der Waals surface area contributed by atoms with Crippen LogP contribution in [0, 0.1) is 0 Å². The zero-order valence-electron chi connectivity index (χ0n) is 13.5. The fourth-order valence-electron chi connectivity index (χ4n) is 2.27. The van der Waals surface area contributed by atoms with Gasteiger partial charge in [0.2, 0.25) is 5.89 Å². The molecule has 0 aliphatic heterocycles. The van der Waals surface area contributed by atoms with Gasteiger partial charge in [-0.1, -0.05) is 36.4 Å². The average Bonchev–Trinajstić information content (AvgIpc) is 3.12. The van der Waals surface area contributed by atoms with Gasteiger partial charge in [-0.05, 0) is 23.8 Å². The third-order valence-corrected chi connectivity index (χ3v) is 3.53. The predicted molar refractivity (Wildman–Crippen MR) is 88.5 cm³/mol. The highest BCUT2D eigenvalue weighted by atomic mass is 16.5. The zero-order chi connectivity index (χ0) is 16.9. The smallest absolute Gasteiger partial charge is 0.311 e. The largest absolute Gasteiger partial charge is 0.497 e. The molecular weight excluding hydrogens is 306 g/mol. The minimum atomic E-state index is -0.319. The van der Waals surface area contributed by atoms with E-state index < -0.39 is 0 Å². The topological polar surface area (TPSA) is 68.5 Å². The Hall–Kier alpha value is -3.15. The van der Waals surface area contributed by atoms with Crippen LogP contribution < -0.4 is 4.74 Å². The van der Waals surface area contributed by atoms with Crippen LogP contribution in [-0.4, -0.2) is 35.2 Å². The van der Waals surface area contributed by atoms with Crippen molar-refractivity contribution in [3.8, 4) is 17.2 Å². The molecule has 0 N–H and O–H groups in total. The molecule has 0 aliphatic carbocycles. The van der Waals surface area contributed by atoms with E-state index >= 15 is 0 Å². The maximum atomic E-state index is 12.4. The van der Waals surface area contributed by atoms with Crippen molar-refractivity contribution < 1.29 is 13.9 Å². The van der Waals surface area contributed by atoms with Crippen molar-refractivity contribution in [2.75, 3.05) is 14.2 Å². The Morgan fingerprint density at radius 3 is 2.67 bits per heavy atom. The van der Waals surface area contributed by atoms with E-state index in [1.54, 1.807) is 20.2 Å². The minimum absolute atomic E-state index is 0.0359. The molecule has 2 aromatic carbocycles. The van der Waals surface area contributed by atoms with Gasteiger partial charge in [0.25, 0.3) is 0 Å². The van der Waals surface area contributed by atoms with Gasteiger partial charge in [-0.3, -0.25) is 4.79 Å². The number of carbonyl (C=O) groups excluding carboxylic acids is 1. The number of carbonyl (C=O) groups is 1. The highest BCUT2D eigenvalue weighted by Crippen LogP contribution is 2.23. The fraction of sp³-hybridized carbons (Fsp3) is 0.167. The Kier molecular flexibility index (Phi) is 4.56. The molecule has 24 heavy (non-hydrogen) atoms. The van der Waals surface area contributed by atoms with Gasteiger partial charge in [-0.15, -0.1) is 10.2 Å². The maximum Gasteiger partial charge on any atom is 0.311 e. The first-order chi connectivity index (χ1) is 11.7. The molecule has 0 aliphatic rings. The summed E-state index contributed by atoms with van der Waals surface area (Å²) in [4.78, 5) is 14.0. The lowest BCUT2D eigenvalue weighted by Crippen LogP contribution is -2.26. The van der Waals surface area contributed by atoms with Crippen molar-refractivity contribution in [1.82, 2.24) is 15.1 Å². The molecule has 122 valence electrons. The van der Waals surface area contributed by atoms with Crippen molar-refractivity contribution in [3.05, 3.63) is 66.1 Å². The van der Waals surface area contributed by atoms with E-state index in [0.29, 0.717) is 17.9 Å². The summed E-state index contributed by atoms with van der Waals surface area (Å²) in [6.45, 7) is 0.469. The molecule has 0 atom stereocenters. The van der Waals surface area contributed by atoms with Crippen LogP contribution >= 0.6 is 0 Å². The van der Waals surface area contributed by atoms with Crippen LogP contribution in [0.4, 0.5) is 0 Å². The molecule has 6 nitrogen and oxygen atoms in total. The van der Waals surface area contributed by atoms with Gasteiger partial charge in [0.15, 0.2) is 0 Å². The summed E-state index contributed by atoms with van der Waals surface area (Å²) < 4.78 is 10.7. The molecule has 0 unspecified atom stereocenters. The van der Waals surface area contributed by atoms with Crippen LogP contribution in [0.5, 0.6) is 5.75 Å². The quantitative estimate of drug-likeness (QED) is 0.722. The molecule has 3 rings (SSSR count). The third-order valence-electron chi connectivity index (χ3n) is 3.53. The maximum absolute atomic E-state index is 12.4. The molecule has 0 spiro atoms. The van der Waals surface area contributed by atoms with E-state index in [2.05, 4.69) is 10.2 Å². The molecule has 1 amide bonds. The summed E-state index contributed by atoms with van der Waals surface area (Å²) in [5.41, 5.74) is 1.73. The van der Waals surface area contributed by atoms with Crippen molar-refractivity contribution in [2.45, 2.75) is 6.54 Å². The molecule has 0 saturated heterocycles. The Morgan fingerprint density at radius 2 is 1.92 bits per heavy atom. The lowest BCUT2D eigenvalue weighted by Gasteiger charge is -2.14. The number of hydrogen-bond acceptors (Lipinski definition) is 5. The summed E-state index contributed by atoms with van der Waals surface area (Å²) in [7, 11) is 3.28. The summed E-state index contributed by atoms with van der Waals surface area (Å²) in [6.07, 6.45) is 0. The number of hydrogen-bond donors (Lipinski definition) is 0. The molecule has 3 aromatic rings. The lowest BCUT2D eigenvalue weighted by atomic mass is 10.2. The number of methoxy groups -OCH3 is 1. The van der Waals surface area contributed by atoms with Gasteiger partial charge in [0.05, 0.1) is 7.11 Å². The van der Waals surface area contributed by atoms with Gasteiger partial charge in [0, 0.05) is 19.2 Å². The number of benzene rings is 2. The van der Waals surface area contributed by atoms with E-state index in [9.17, 15) is 4.79 Å². The second-order valence-corrected chi connectivity index (χ2v) is 5.29. The lowest BCUT2D eigenvalue weighted by molar-refractivity contribution is 0.0746. The third kappa shape index (κ3) is 3.43. The number of aromatic nitrogens is 2. The van der Waals surface area contributed by atoms with E-state index in [0.717, 1.165) is 5.56 Å². The van der Waals surface area contributed by atoms with Gasteiger partial charge in [-0.25, -0.2) is 0 Å². The normalized spacial score (nSPS) is 10.4. The van der Waals surface area contributed by atoms with Crippen LogP contribution in [-0.2, 0) is 6.54 Å². The number of amides is 1. The second kappa shape index (κ2) is 6.95. The Morgan fingerprint density at radius 1 is 1.12 bits per heavy atom. The number of ether oxygens (including phenoxy) is 1.